The minimum Gasteiger partial charge on any atom is -1.00 e. The number of nitrogens with zero attached hydrogens (tertiary/aromatic N) is 3. The standard InChI is InChI=1S/C33H39ClN4O8.HI/c1-32(2,3)44-30(41)27(46-38-28(39)24-11-8-9-12-25(24)29(38)40)20-43-22-13-14-23(26(34)17-22)21-18-36(7)37(19-21)16-10-15-35-31(42)45-33(4,5)6;/h8-9,11-14,17-19,27H,10,15-16,20H2,1-7H3;1H/t27-;/m0./s1. The number of hydroxylamine groups is 2. The Kier molecular flexibility index (Phi) is 12.4. The second-order valence-corrected chi connectivity index (χ2v) is 13.2. The number of carbonyl (C=O) groups is 4. The van der Waals surface area contributed by atoms with Crippen LogP contribution in [0.15, 0.2) is 54.9 Å². The molecule has 0 radical (unpaired) electrons. The maximum atomic E-state index is 13.0. The zero-order chi connectivity index (χ0) is 33.8. The number of carbonyl (C=O) groups excluding carboxylic acids is 4. The van der Waals surface area contributed by atoms with Gasteiger partial charge in [0.1, 0.15) is 23.6 Å². The molecule has 254 valence electrons. The van der Waals surface area contributed by atoms with Crippen LogP contribution in [0, 0.1) is 0 Å². The smallest absolute Gasteiger partial charge is 0.407 e. The van der Waals surface area contributed by atoms with Gasteiger partial charge in [0.2, 0.25) is 12.3 Å². The number of benzene rings is 2. The summed E-state index contributed by atoms with van der Waals surface area (Å²) in [5.74, 6) is -1.82. The van der Waals surface area contributed by atoms with Crippen molar-refractivity contribution in [1.82, 2.24) is 15.1 Å². The Morgan fingerprint density at radius 3 is 2.13 bits per heavy atom. The summed E-state index contributed by atoms with van der Waals surface area (Å²) in [5.41, 5.74) is 0.561. The summed E-state index contributed by atoms with van der Waals surface area (Å²) in [6, 6.07) is 11.4. The Balaban J connectivity index is 0.00000600. The van der Waals surface area contributed by atoms with E-state index in [1.54, 1.807) is 51.1 Å². The first-order chi connectivity index (χ1) is 21.5. The summed E-state index contributed by atoms with van der Waals surface area (Å²) in [6.45, 7) is 11.3. The van der Waals surface area contributed by atoms with Crippen molar-refractivity contribution in [2.75, 3.05) is 13.2 Å². The molecule has 0 aliphatic carbocycles. The van der Waals surface area contributed by atoms with E-state index in [0.29, 0.717) is 35.3 Å². The van der Waals surface area contributed by atoms with Crippen LogP contribution in [0.4, 0.5) is 4.79 Å². The normalized spacial score (nSPS) is 13.5. The second kappa shape index (κ2) is 15.5. The number of esters is 1. The van der Waals surface area contributed by atoms with Crippen molar-refractivity contribution < 1.29 is 66.9 Å². The molecule has 1 atom stereocenters. The molecule has 0 unspecified atom stereocenters. The van der Waals surface area contributed by atoms with Crippen molar-refractivity contribution in [3.63, 3.8) is 0 Å². The molecule has 2 aromatic carbocycles. The summed E-state index contributed by atoms with van der Waals surface area (Å²) >= 11 is 6.65. The fourth-order valence-electron chi connectivity index (χ4n) is 4.56. The number of aryl methyl sites for hydroxylation is 2. The lowest BCUT2D eigenvalue weighted by molar-refractivity contribution is -0.753. The molecule has 47 heavy (non-hydrogen) atoms. The van der Waals surface area contributed by atoms with Crippen molar-refractivity contribution in [3.8, 4) is 16.9 Å². The predicted molar refractivity (Wildman–Crippen MR) is 168 cm³/mol. The molecule has 2 heterocycles. The Labute approximate surface area is 296 Å². The highest BCUT2D eigenvalue weighted by atomic mass is 127. The van der Waals surface area contributed by atoms with E-state index >= 15 is 0 Å². The Morgan fingerprint density at radius 2 is 1.55 bits per heavy atom. The number of hydrogen-bond acceptors (Lipinski definition) is 8. The molecular weight excluding hydrogens is 743 g/mol. The van der Waals surface area contributed by atoms with Crippen molar-refractivity contribution in [1.29, 1.82) is 0 Å². The molecule has 3 amide bonds. The molecule has 0 saturated heterocycles. The lowest BCUT2D eigenvalue weighted by atomic mass is 10.1. The number of nitrogens with one attached hydrogen (secondary N) is 1. The third-order valence-electron chi connectivity index (χ3n) is 6.56. The summed E-state index contributed by atoms with van der Waals surface area (Å²) in [6.07, 6.45) is 2.68. The van der Waals surface area contributed by atoms with Crippen LogP contribution in [0.1, 0.15) is 68.7 Å². The number of amides is 3. The monoisotopic (exact) mass is 782 g/mol. The quantitative estimate of drug-likeness (QED) is 0.103. The van der Waals surface area contributed by atoms with Gasteiger partial charge in [-0.2, -0.15) is 4.68 Å². The molecule has 1 aromatic heterocycles. The summed E-state index contributed by atoms with van der Waals surface area (Å²) < 4.78 is 20.5. The van der Waals surface area contributed by atoms with Gasteiger partial charge in [0, 0.05) is 12.1 Å². The van der Waals surface area contributed by atoms with Gasteiger partial charge in [-0.15, -0.1) is 9.75 Å². The van der Waals surface area contributed by atoms with Gasteiger partial charge < -0.3 is 43.5 Å². The molecule has 0 spiro atoms. The molecule has 14 heteroatoms. The van der Waals surface area contributed by atoms with Gasteiger partial charge in [0.05, 0.1) is 34.5 Å². The SMILES string of the molecule is C[n+]1cc(-c2ccc(OC[C@H](ON3C(=O)c4ccccc4C3=O)C(=O)OC(C)(C)C)cc2Cl)cn1CCCNC(=O)OC(C)(C)C.[I-]. The average molecular weight is 783 g/mol. The minimum atomic E-state index is -1.43. The molecule has 1 aliphatic rings. The fraction of sp³-hybridized carbons (Fsp3) is 0.424. The van der Waals surface area contributed by atoms with Gasteiger partial charge in [-0.3, -0.25) is 9.59 Å². The number of hydrogen-bond donors (Lipinski definition) is 1. The second-order valence-electron chi connectivity index (χ2n) is 12.8. The summed E-state index contributed by atoms with van der Waals surface area (Å²) in [5, 5.41) is 3.72. The van der Waals surface area contributed by atoms with Crippen LogP contribution in [0.5, 0.6) is 5.75 Å². The highest BCUT2D eigenvalue weighted by Gasteiger charge is 2.40. The van der Waals surface area contributed by atoms with E-state index in [0.717, 1.165) is 11.1 Å². The molecule has 12 nitrogen and oxygen atoms in total. The first-order valence-electron chi connectivity index (χ1n) is 14.9. The van der Waals surface area contributed by atoms with E-state index < -0.39 is 41.2 Å². The van der Waals surface area contributed by atoms with Crippen LogP contribution in [0.2, 0.25) is 5.02 Å². The average Bonchev–Trinajstić information content (AvgIpc) is 3.43. The Morgan fingerprint density at radius 1 is 0.936 bits per heavy atom. The molecule has 3 aromatic rings. The number of rotatable bonds is 11. The summed E-state index contributed by atoms with van der Waals surface area (Å²) in [4.78, 5) is 56.3. The molecule has 1 aliphatic heterocycles. The lowest BCUT2D eigenvalue weighted by Gasteiger charge is -2.26. The van der Waals surface area contributed by atoms with Gasteiger partial charge in [-0.1, -0.05) is 23.7 Å². The van der Waals surface area contributed by atoms with Crippen LogP contribution >= 0.6 is 11.6 Å². The maximum absolute atomic E-state index is 13.0. The maximum Gasteiger partial charge on any atom is 0.407 e. The van der Waals surface area contributed by atoms with Crippen LogP contribution in [-0.4, -0.2) is 64.1 Å². The topological polar surface area (TPSA) is 129 Å². The molecular formula is C33H40ClIN4O8. The zero-order valence-electron chi connectivity index (χ0n) is 27.5. The third-order valence-corrected chi connectivity index (χ3v) is 6.88. The Bertz CT molecular complexity index is 1590. The van der Waals surface area contributed by atoms with Gasteiger partial charge in [-0.25, -0.2) is 14.4 Å². The first-order valence-corrected chi connectivity index (χ1v) is 15.2. The van der Waals surface area contributed by atoms with Crippen LogP contribution in [-0.2, 0) is 32.7 Å². The van der Waals surface area contributed by atoms with Crippen molar-refractivity contribution in [3.05, 3.63) is 71.0 Å². The minimum absolute atomic E-state index is 0. The van der Waals surface area contributed by atoms with Crippen molar-refractivity contribution in [2.45, 2.75) is 71.8 Å². The largest absolute Gasteiger partial charge is 1.00 e. The van der Waals surface area contributed by atoms with E-state index in [2.05, 4.69) is 5.32 Å². The van der Waals surface area contributed by atoms with Crippen LogP contribution in [0.25, 0.3) is 11.1 Å². The van der Waals surface area contributed by atoms with E-state index in [4.69, 9.17) is 30.6 Å². The molecule has 1 N–H and O–H groups in total. The van der Waals surface area contributed by atoms with Crippen LogP contribution in [0.3, 0.4) is 0 Å². The van der Waals surface area contributed by atoms with Crippen molar-refractivity contribution in [2.24, 2.45) is 7.05 Å². The molecule has 0 bridgehead atoms. The highest BCUT2D eigenvalue weighted by Crippen LogP contribution is 2.31. The number of aromatic nitrogens is 2. The van der Waals surface area contributed by atoms with E-state index in [9.17, 15) is 19.2 Å². The molecule has 0 saturated carbocycles. The third kappa shape index (κ3) is 10.1. The number of alkyl carbamates (subject to hydrolysis) is 1. The fourth-order valence-corrected chi connectivity index (χ4v) is 4.84. The number of ether oxygens (including phenoxy) is 3. The number of halogens is 2. The van der Waals surface area contributed by atoms with Crippen LogP contribution < -0.4 is 38.7 Å². The van der Waals surface area contributed by atoms with Gasteiger partial charge in [-0.05, 0) is 78.3 Å². The van der Waals surface area contributed by atoms with Crippen molar-refractivity contribution >= 4 is 35.5 Å². The first kappa shape index (κ1) is 37.8. The number of imide groups is 1. The van der Waals surface area contributed by atoms with E-state index in [-0.39, 0.29) is 41.7 Å². The molecule has 4 rings (SSSR count). The van der Waals surface area contributed by atoms with E-state index in [1.807, 2.05) is 49.6 Å². The predicted octanol–water partition coefficient (Wildman–Crippen LogP) is 1.87. The van der Waals surface area contributed by atoms with E-state index in [1.165, 1.54) is 12.1 Å². The molecule has 0 fully saturated rings. The summed E-state index contributed by atoms with van der Waals surface area (Å²) in [7, 11) is 1.90. The number of fused-ring (bicyclic) bond motifs is 1. The lowest BCUT2D eigenvalue weighted by Crippen LogP contribution is -3.00. The highest BCUT2D eigenvalue weighted by molar-refractivity contribution is 6.33. The zero-order valence-corrected chi connectivity index (χ0v) is 30.4. The Hall–Kier alpha value is -3.69. The van der Waals surface area contributed by atoms with Gasteiger partial charge in [0.15, 0.2) is 7.05 Å². The van der Waals surface area contributed by atoms with Gasteiger partial charge >= 0.3 is 12.1 Å². The van der Waals surface area contributed by atoms with Gasteiger partial charge in [0.25, 0.3) is 11.8 Å².